The number of ether oxygens (including phenoxy) is 1. The molecule has 1 aliphatic rings. The number of benzene rings is 1. The number of hydrogen-bond acceptors (Lipinski definition) is 5. The Morgan fingerprint density at radius 1 is 1.32 bits per heavy atom. The maximum atomic E-state index is 12.5. The minimum atomic E-state index is -0.141. The van der Waals surface area contributed by atoms with Crippen LogP contribution in [0.3, 0.4) is 0 Å². The number of nitrogens with zero attached hydrogens (tertiary/aromatic N) is 2. The first-order valence-corrected chi connectivity index (χ1v) is 8.25. The van der Waals surface area contributed by atoms with Crippen LogP contribution < -0.4 is 4.74 Å². The lowest BCUT2D eigenvalue weighted by Gasteiger charge is -2.22. The van der Waals surface area contributed by atoms with Gasteiger partial charge in [0.1, 0.15) is 12.4 Å². The van der Waals surface area contributed by atoms with Crippen molar-refractivity contribution in [1.29, 1.82) is 0 Å². The van der Waals surface area contributed by atoms with Gasteiger partial charge in [-0.1, -0.05) is 24.2 Å². The van der Waals surface area contributed by atoms with Crippen molar-refractivity contribution >= 4 is 11.7 Å². The average Bonchev–Trinajstić information content (AvgIpc) is 3.28. The van der Waals surface area contributed by atoms with Gasteiger partial charge in [0.15, 0.2) is 17.2 Å². The molecule has 6 heteroatoms. The minimum absolute atomic E-state index is 0.00623. The van der Waals surface area contributed by atoms with E-state index in [9.17, 15) is 9.59 Å². The van der Waals surface area contributed by atoms with Crippen LogP contribution in [-0.4, -0.2) is 34.3 Å². The summed E-state index contributed by atoms with van der Waals surface area (Å²) >= 11 is 0. The van der Waals surface area contributed by atoms with Crippen molar-refractivity contribution in [3.05, 3.63) is 59.5 Å². The standard InChI is InChI=1S/C19H20N2O4/c1-3-15-5-4-10-21(15)19(23)18-11-17(25-20-18)12-24-16-8-6-14(7-9-16)13(2)22/h4-9,11,15H,3,10,12H2,1-2H3/t15-/m1/s1. The number of amides is 1. The van der Waals surface area contributed by atoms with E-state index in [0.717, 1.165) is 6.42 Å². The van der Waals surface area contributed by atoms with Crippen molar-refractivity contribution in [2.75, 3.05) is 6.54 Å². The molecule has 0 saturated heterocycles. The van der Waals surface area contributed by atoms with Gasteiger partial charge in [0.2, 0.25) is 0 Å². The summed E-state index contributed by atoms with van der Waals surface area (Å²) in [5, 5.41) is 3.86. The van der Waals surface area contributed by atoms with E-state index in [1.807, 2.05) is 19.1 Å². The molecule has 0 fully saturated rings. The van der Waals surface area contributed by atoms with Crippen molar-refractivity contribution < 1.29 is 18.8 Å². The molecular weight excluding hydrogens is 320 g/mol. The van der Waals surface area contributed by atoms with Crippen LogP contribution in [0, 0.1) is 0 Å². The van der Waals surface area contributed by atoms with E-state index in [-0.39, 0.29) is 30.0 Å². The van der Waals surface area contributed by atoms with Gasteiger partial charge in [-0.25, -0.2) is 0 Å². The smallest absolute Gasteiger partial charge is 0.276 e. The topological polar surface area (TPSA) is 72.6 Å². The molecule has 6 nitrogen and oxygen atoms in total. The highest BCUT2D eigenvalue weighted by Gasteiger charge is 2.26. The van der Waals surface area contributed by atoms with Crippen LogP contribution in [0.4, 0.5) is 0 Å². The van der Waals surface area contributed by atoms with E-state index >= 15 is 0 Å². The van der Waals surface area contributed by atoms with Gasteiger partial charge in [-0.3, -0.25) is 9.59 Å². The summed E-state index contributed by atoms with van der Waals surface area (Å²) in [5.41, 5.74) is 0.914. The van der Waals surface area contributed by atoms with Crippen molar-refractivity contribution in [3.63, 3.8) is 0 Å². The highest BCUT2D eigenvalue weighted by molar-refractivity contribution is 5.94. The highest BCUT2D eigenvalue weighted by atomic mass is 16.5. The van der Waals surface area contributed by atoms with Crippen LogP contribution in [0.2, 0.25) is 0 Å². The van der Waals surface area contributed by atoms with Crippen LogP contribution in [-0.2, 0) is 6.61 Å². The first-order chi connectivity index (χ1) is 12.1. The Balaban J connectivity index is 1.60. The van der Waals surface area contributed by atoms with Gasteiger partial charge in [-0.05, 0) is 37.6 Å². The monoisotopic (exact) mass is 340 g/mol. The largest absolute Gasteiger partial charge is 0.486 e. The number of aromatic nitrogens is 1. The summed E-state index contributed by atoms with van der Waals surface area (Å²) in [6.45, 7) is 4.32. The Labute approximate surface area is 146 Å². The zero-order chi connectivity index (χ0) is 17.8. The summed E-state index contributed by atoms with van der Waals surface area (Å²) in [5.74, 6) is 0.952. The first kappa shape index (κ1) is 17.0. The minimum Gasteiger partial charge on any atom is -0.486 e. The van der Waals surface area contributed by atoms with Gasteiger partial charge < -0.3 is 14.2 Å². The lowest BCUT2D eigenvalue weighted by atomic mass is 10.1. The first-order valence-electron chi connectivity index (χ1n) is 8.25. The van der Waals surface area contributed by atoms with Crippen LogP contribution in [0.5, 0.6) is 5.75 Å². The molecule has 1 atom stereocenters. The Morgan fingerprint density at radius 2 is 2.08 bits per heavy atom. The molecule has 1 amide bonds. The number of hydrogen-bond donors (Lipinski definition) is 0. The quantitative estimate of drug-likeness (QED) is 0.596. The van der Waals surface area contributed by atoms with Gasteiger partial charge in [-0.15, -0.1) is 0 Å². The lowest BCUT2D eigenvalue weighted by molar-refractivity contribution is 0.0736. The Kier molecular flexibility index (Phi) is 4.97. The molecule has 0 saturated carbocycles. The molecular formula is C19H20N2O4. The predicted molar refractivity (Wildman–Crippen MR) is 91.5 cm³/mol. The molecule has 1 aliphatic heterocycles. The third-order valence-electron chi connectivity index (χ3n) is 4.16. The number of carbonyl (C=O) groups excluding carboxylic acids is 2. The second kappa shape index (κ2) is 7.34. The molecule has 1 aromatic carbocycles. The number of Topliss-reactive ketones (excluding diaryl/α,β-unsaturated/α-hetero) is 1. The molecule has 0 radical (unpaired) electrons. The van der Waals surface area contributed by atoms with E-state index < -0.39 is 0 Å². The molecule has 0 aliphatic carbocycles. The van der Waals surface area contributed by atoms with Gasteiger partial charge in [-0.2, -0.15) is 0 Å². The van der Waals surface area contributed by atoms with Crippen LogP contribution in [0.1, 0.15) is 46.9 Å². The van der Waals surface area contributed by atoms with Crippen LogP contribution in [0.15, 0.2) is 47.0 Å². The summed E-state index contributed by atoms with van der Waals surface area (Å²) < 4.78 is 10.8. The third kappa shape index (κ3) is 3.79. The van der Waals surface area contributed by atoms with E-state index in [1.165, 1.54) is 6.92 Å². The summed E-state index contributed by atoms with van der Waals surface area (Å²) in [6.07, 6.45) is 4.89. The zero-order valence-corrected chi connectivity index (χ0v) is 14.3. The second-order valence-corrected chi connectivity index (χ2v) is 5.91. The summed E-state index contributed by atoms with van der Waals surface area (Å²) in [6, 6.07) is 8.58. The number of ketones is 1. The van der Waals surface area contributed by atoms with Gasteiger partial charge in [0.05, 0.1) is 6.04 Å². The number of carbonyl (C=O) groups is 2. The van der Waals surface area contributed by atoms with E-state index in [0.29, 0.717) is 23.6 Å². The second-order valence-electron chi connectivity index (χ2n) is 5.91. The predicted octanol–water partition coefficient (Wildman–Crippen LogP) is 3.25. The molecule has 25 heavy (non-hydrogen) atoms. The summed E-state index contributed by atoms with van der Waals surface area (Å²) in [4.78, 5) is 25.5. The maximum Gasteiger partial charge on any atom is 0.276 e. The van der Waals surface area contributed by atoms with Crippen molar-refractivity contribution in [2.24, 2.45) is 0 Å². The molecule has 2 aromatic rings. The zero-order valence-electron chi connectivity index (χ0n) is 14.3. The van der Waals surface area contributed by atoms with Crippen LogP contribution >= 0.6 is 0 Å². The molecule has 0 unspecified atom stereocenters. The Hall–Kier alpha value is -2.89. The van der Waals surface area contributed by atoms with Gasteiger partial charge in [0, 0.05) is 18.2 Å². The van der Waals surface area contributed by atoms with Crippen molar-refractivity contribution in [1.82, 2.24) is 10.1 Å². The fourth-order valence-electron chi connectivity index (χ4n) is 2.73. The molecule has 0 bridgehead atoms. The van der Waals surface area contributed by atoms with Gasteiger partial charge in [0.25, 0.3) is 5.91 Å². The molecule has 130 valence electrons. The van der Waals surface area contributed by atoms with Crippen molar-refractivity contribution in [2.45, 2.75) is 32.9 Å². The lowest BCUT2D eigenvalue weighted by Crippen LogP contribution is -2.35. The normalized spacial score (nSPS) is 16.2. The maximum absolute atomic E-state index is 12.5. The van der Waals surface area contributed by atoms with Crippen LogP contribution in [0.25, 0.3) is 0 Å². The SMILES string of the molecule is CC[C@@H]1C=CCN1C(=O)c1cc(COc2ccc(C(C)=O)cc2)on1. The van der Waals surface area contributed by atoms with Crippen molar-refractivity contribution in [3.8, 4) is 5.75 Å². The van der Waals surface area contributed by atoms with E-state index in [4.69, 9.17) is 9.26 Å². The highest BCUT2D eigenvalue weighted by Crippen LogP contribution is 2.18. The van der Waals surface area contributed by atoms with E-state index in [1.54, 1.807) is 35.2 Å². The third-order valence-corrected chi connectivity index (χ3v) is 4.16. The molecule has 3 rings (SSSR count). The Morgan fingerprint density at radius 3 is 2.76 bits per heavy atom. The van der Waals surface area contributed by atoms with Gasteiger partial charge >= 0.3 is 0 Å². The fraction of sp³-hybridized carbons (Fsp3) is 0.316. The number of rotatable bonds is 6. The molecule has 0 N–H and O–H groups in total. The van der Waals surface area contributed by atoms with E-state index in [2.05, 4.69) is 5.16 Å². The molecule has 1 aromatic heterocycles. The summed E-state index contributed by atoms with van der Waals surface area (Å²) in [7, 11) is 0. The average molecular weight is 340 g/mol. The molecule has 2 heterocycles. The fourth-order valence-corrected chi connectivity index (χ4v) is 2.73. The molecule has 0 spiro atoms. The Bertz CT molecular complexity index is 792.